The van der Waals surface area contributed by atoms with E-state index < -0.39 is 24.0 Å². The maximum Gasteiger partial charge on any atom is 0.525 e. The molecule has 1 aliphatic rings. The zero-order valence-electron chi connectivity index (χ0n) is 14.2. The maximum absolute atomic E-state index is 14.6. The Bertz CT molecular complexity index is 749. The summed E-state index contributed by atoms with van der Waals surface area (Å²) < 4.78 is 26.0. The molecule has 0 aliphatic carbocycles. The molecule has 0 amide bonds. The van der Waals surface area contributed by atoms with Gasteiger partial charge >= 0.3 is 7.12 Å². The van der Waals surface area contributed by atoms with Gasteiger partial charge in [0.2, 0.25) is 0 Å². The SMILES string of the molecule is CC1(C)OB(C(F)=Cc2cccc(-c3cncnc3)n2)OC1(C)C. The summed E-state index contributed by atoms with van der Waals surface area (Å²) in [4.78, 5) is 12.4. The summed E-state index contributed by atoms with van der Waals surface area (Å²) >= 11 is 0. The van der Waals surface area contributed by atoms with Crippen molar-refractivity contribution in [2.45, 2.75) is 38.9 Å². The highest BCUT2D eigenvalue weighted by molar-refractivity contribution is 6.54. The van der Waals surface area contributed by atoms with Gasteiger partial charge in [0.1, 0.15) is 12.1 Å². The van der Waals surface area contributed by atoms with Crippen molar-refractivity contribution in [2.75, 3.05) is 0 Å². The molecule has 1 saturated heterocycles. The van der Waals surface area contributed by atoms with Crippen molar-refractivity contribution in [3.05, 3.63) is 48.3 Å². The molecule has 0 N–H and O–H groups in total. The summed E-state index contributed by atoms with van der Waals surface area (Å²) in [5.74, 6) is 0. The van der Waals surface area contributed by atoms with E-state index in [1.165, 1.54) is 12.4 Å². The Hall–Kier alpha value is -2.12. The van der Waals surface area contributed by atoms with Gasteiger partial charge in [0.15, 0.2) is 0 Å². The van der Waals surface area contributed by atoms with Crippen molar-refractivity contribution < 1.29 is 13.7 Å². The van der Waals surface area contributed by atoms with E-state index in [0.29, 0.717) is 11.4 Å². The molecule has 0 saturated carbocycles. The van der Waals surface area contributed by atoms with E-state index in [1.54, 1.807) is 24.5 Å². The molecular formula is C17H19BFN3O2. The van der Waals surface area contributed by atoms with E-state index in [0.717, 1.165) is 5.56 Å². The summed E-state index contributed by atoms with van der Waals surface area (Å²) in [5.41, 5.74) is 0.236. The van der Waals surface area contributed by atoms with Crippen molar-refractivity contribution in [1.82, 2.24) is 15.0 Å². The molecule has 0 aromatic carbocycles. The highest BCUT2D eigenvalue weighted by Gasteiger charge is 2.53. The maximum atomic E-state index is 14.6. The van der Waals surface area contributed by atoms with Crippen LogP contribution in [-0.2, 0) is 9.31 Å². The fourth-order valence-corrected chi connectivity index (χ4v) is 2.29. The Morgan fingerprint density at radius 2 is 1.71 bits per heavy atom. The smallest absolute Gasteiger partial charge is 0.398 e. The molecule has 24 heavy (non-hydrogen) atoms. The number of halogens is 1. The van der Waals surface area contributed by atoms with Crippen LogP contribution in [0.25, 0.3) is 17.3 Å². The van der Waals surface area contributed by atoms with Gasteiger partial charge in [0, 0.05) is 18.0 Å². The van der Waals surface area contributed by atoms with Crippen LogP contribution in [0.5, 0.6) is 0 Å². The number of hydrogen-bond acceptors (Lipinski definition) is 5. The number of hydrogen-bond donors (Lipinski definition) is 0. The number of pyridine rings is 1. The van der Waals surface area contributed by atoms with E-state index >= 15 is 0 Å². The third-order valence-electron chi connectivity index (χ3n) is 4.39. The topological polar surface area (TPSA) is 57.1 Å². The van der Waals surface area contributed by atoms with Crippen LogP contribution in [0.1, 0.15) is 33.4 Å². The summed E-state index contributed by atoms with van der Waals surface area (Å²) in [5, 5.41) is 0. The van der Waals surface area contributed by atoms with Crippen LogP contribution in [0.15, 0.2) is 42.6 Å². The van der Waals surface area contributed by atoms with Crippen LogP contribution in [-0.4, -0.2) is 33.3 Å². The predicted molar refractivity (Wildman–Crippen MR) is 90.4 cm³/mol. The zero-order chi connectivity index (χ0) is 17.4. The van der Waals surface area contributed by atoms with Gasteiger partial charge < -0.3 is 9.31 Å². The van der Waals surface area contributed by atoms with Crippen LogP contribution < -0.4 is 0 Å². The predicted octanol–water partition coefficient (Wildman–Crippen LogP) is 3.48. The summed E-state index contributed by atoms with van der Waals surface area (Å²) in [6.45, 7) is 7.53. The van der Waals surface area contributed by atoms with E-state index in [-0.39, 0.29) is 0 Å². The molecule has 0 radical (unpaired) electrons. The molecule has 0 spiro atoms. The molecule has 1 aliphatic heterocycles. The van der Waals surface area contributed by atoms with Gasteiger partial charge in [-0.3, -0.25) is 0 Å². The third-order valence-corrected chi connectivity index (χ3v) is 4.39. The Balaban J connectivity index is 1.84. The lowest BCUT2D eigenvalue weighted by Gasteiger charge is -2.32. The fourth-order valence-electron chi connectivity index (χ4n) is 2.29. The van der Waals surface area contributed by atoms with Crippen LogP contribution in [0.3, 0.4) is 0 Å². The largest absolute Gasteiger partial charge is 0.525 e. The van der Waals surface area contributed by atoms with Crippen molar-refractivity contribution in [3.63, 3.8) is 0 Å². The third kappa shape index (κ3) is 3.23. The molecule has 7 heteroatoms. The molecule has 2 aromatic heterocycles. The first-order chi connectivity index (χ1) is 11.3. The molecule has 3 heterocycles. The lowest BCUT2D eigenvalue weighted by Crippen LogP contribution is -2.41. The van der Waals surface area contributed by atoms with Gasteiger partial charge in [-0.05, 0) is 45.9 Å². The Morgan fingerprint density at radius 3 is 2.33 bits per heavy atom. The minimum atomic E-state index is -1.03. The average Bonchev–Trinajstić information content (AvgIpc) is 2.77. The monoisotopic (exact) mass is 327 g/mol. The van der Waals surface area contributed by atoms with Gasteiger partial charge in [-0.15, -0.1) is 0 Å². The lowest BCUT2D eigenvalue weighted by molar-refractivity contribution is 0.00578. The first-order valence-electron chi connectivity index (χ1n) is 7.74. The van der Waals surface area contributed by atoms with Crippen molar-refractivity contribution in [3.8, 4) is 11.3 Å². The zero-order valence-corrected chi connectivity index (χ0v) is 14.2. The van der Waals surface area contributed by atoms with Crippen molar-refractivity contribution in [1.29, 1.82) is 0 Å². The number of nitrogens with zero attached hydrogens (tertiary/aromatic N) is 3. The van der Waals surface area contributed by atoms with Crippen LogP contribution in [0, 0.1) is 0 Å². The second-order valence-electron chi connectivity index (χ2n) is 6.69. The van der Waals surface area contributed by atoms with Gasteiger partial charge in [0.25, 0.3) is 0 Å². The van der Waals surface area contributed by atoms with Crippen LogP contribution in [0.4, 0.5) is 4.39 Å². The average molecular weight is 327 g/mol. The van der Waals surface area contributed by atoms with E-state index in [4.69, 9.17) is 9.31 Å². The molecule has 0 atom stereocenters. The molecule has 1 fully saturated rings. The van der Waals surface area contributed by atoms with Gasteiger partial charge in [0.05, 0.1) is 22.6 Å². The second kappa shape index (κ2) is 6.07. The Morgan fingerprint density at radius 1 is 1.08 bits per heavy atom. The van der Waals surface area contributed by atoms with Crippen LogP contribution in [0.2, 0.25) is 0 Å². The molecular weight excluding hydrogens is 308 g/mol. The Labute approximate surface area is 141 Å². The van der Waals surface area contributed by atoms with Crippen molar-refractivity contribution >= 4 is 13.2 Å². The van der Waals surface area contributed by atoms with Crippen molar-refractivity contribution in [2.24, 2.45) is 0 Å². The van der Waals surface area contributed by atoms with Gasteiger partial charge in [-0.1, -0.05) is 6.07 Å². The quantitative estimate of drug-likeness (QED) is 0.808. The molecule has 0 unspecified atom stereocenters. The standard InChI is InChI=1S/C17H19BFN3O2/c1-16(2)17(3,4)24-18(23-16)15(19)8-13-6-5-7-14(22-13)12-9-20-11-21-10-12/h5-11H,1-4H3. The number of aromatic nitrogens is 3. The number of rotatable bonds is 3. The minimum Gasteiger partial charge on any atom is -0.398 e. The molecule has 5 nitrogen and oxygen atoms in total. The van der Waals surface area contributed by atoms with E-state index in [9.17, 15) is 4.39 Å². The Kier molecular flexibility index (Phi) is 4.23. The van der Waals surface area contributed by atoms with E-state index in [2.05, 4.69) is 15.0 Å². The summed E-state index contributed by atoms with van der Waals surface area (Å²) in [6, 6.07) is 5.35. The minimum absolute atomic E-state index is 0.476. The van der Waals surface area contributed by atoms with Gasteiger partial charge in [-0.25, -0.2) is 19.3 Å². The molecule has 0 bridgehead atoms. The summed E-state index contributed by atoms with van der Waals surface area (Å²) in [7, 11) is -1.03. The van der Waals surface area contributed by atoms with E-state index in [1.807, 2.05) is 33.8 Å². The first kappa shape index (κ1) is 16.7. The highest BCUT2D eigenvalue weighted by Crippen LogP contribution is 2.39. The van der Waals surface area contributed by atoms with Gasteiger partial charge in [-0.2, -0.15) is 0 Å². The first-order valence-corrected chi connectivity index (χ1v) is 7.74. The van der Waals surface area contributed by atoms with Crippen LogP contribution >= 0.6 is 0 Å². The second-order valence-corrected chi connectivity index (χ2v) is 6.69. The highest BCUT2D eigenvalue weighted by atomic mass is 19.1. The summed E-state index contributed by atoms with van der Waals surface area (Å²) in [6.07, 6.45) is 6.10. The normalized spacial score (nSPS) is 19.5. The fraction of sp³-hybridized carbons (Fsp3) is 0.353. The molecule has 124 valence electrons. The molecule has 3 rings (SSSR count). The molecule has 2 aromatic rings. The lowest BCUT2D eigenvalue weighted by atomic mass is 9.87.